The molecule has 0 aliphatic heterocycles. The number of rotatable bonds is 8. The van der Waals surface area contributed by atoms with Crippen molar-refractivity contribution in [2.24, 2.45) is 11.7 Å². The third-order valence-electron chi connectivity index (χ3n) is 3.64. The standard InChI is InChI=1S/C16H28N2O/c1-5-13(9-17)10-18-11-15-7-6-14(12(2)3)8-16(15)19-4/h6-8,12-13,18H,5,9-11,17H2,1-4H3. The number of hydrogen-bond donors (Lipinski definition) is 2. The van der Waals surface area contributed by atoms with Gasteiger partial charge >= 0.3 is 0 Å². The Bertz CT molecular complexity index is 373. The number of nitrogens with one attached hydrogen (secondary N) is 1. The van der Waals surface area contributed by atoms with Gasteiger partial charge < -0.3 is 15.8 Å². The summed E-state index contributed by atoms with van der Waals surface area (Å²) in [4.78, 5) is 0. The highest BCUT2D eigenvalue weighted by atomic mass is 16.5. The van der Waals surface area contributed by atoms with Gasteiger partial charge in [-0.2, -0.15) is 0 Å². The van der Waals surface area contributed by atoms with Crippen LogP contribution in [0, 0.1) is 5.92 Å². The molecule has 0 aliphatic rings. The molecule has 0 bridgehead atoms. The quantitative estimate of drug-likeness (QED) is 0.759. The molecule has 0 saturated heterocycles. The summed E-state index contributed by atoms with van der Waals surface area (Å²) in [7, 11) is 1.73. The van der Waals surface area contributed by atoms with E-state index in [4.69, 9.17) is 10.5 Å². The molecule has 0 radical (unpaired) electrons. The third-order valence-corrected chi connectivity index (χ3v) is 3.64. The Hall–Kier alpha value is -1.06. The first kappa shape index (κ1) is 16.0. The lowest BCUT2D eigenvalue weighted by atomic mass is 10.0. The maximum absolute atomic E-state index is 5.71. The average Bonchev–Trinajstić information content (AvgIpc) is 2.43. The van der Waals surface area contributed by atoms with Gasteiger partial charge in [0.2, 0.25) is 0 Å². The van der Waals surface area contributed by atoms with Gasteiger partial charge in [0.05, 0.1) is 7.11 Å². The van der Waals surface area contributed by atoms with Gasteiger partial charge in [0.25, 0.3) is 0 Å². The normalized spacial score (nSPS) is 12.7. The van der Waals surface area contributed by atoms with Gasteiger partial charge in [0.1, 0.15) is 5.75 Å². The van der Waals surface area contributed by atoms with Crippen molar-refractivity contribution in [3.8, 4) is 5.75 Å². The summed E-state index contributed by atoms with van der Waals surface area (Å²) in [5.41, 5.74) is 8.23. The van der Waals surface area contributed by atoms with Crippen LogP contribution in [0.15, 0.2) is 18.2 Å². The monoisotopic (exact) mass is 264 g/mol. The van der Waals surface area contributed by atoms with Crippen LogP contribution < -0.4 is 15.8 Å². The van der Waals surface area contributed by atoms with Gasteiger partial charge in [-0.3, -0.25) is 0 Å². The average molecular weight is 264 g/mol. The van der Waals surface area contributed by atoms with E-state index in [9.17, 15) is 0 Å². The van der Waals surface area contributed by atoms with Crippen LogP contribution in [-0.4, -0.2) is 20.2 Å². The van der Waals surface area contributed by atoms with Crippen LogP contribution in [0.4, 0.5) is 0 Å². The summed E-state index contributed by atoms with van der Waals surface area (Å²) < 4.78 is 5.48. The van der Waals surface area contributed by atoms with Crippen molar-refractivity contribution < 1.29 is 4.74 Å². The van der Waals surface area contributed by atoms with Gasteiger partial charge in [-0.25, -0.2) is 0 Å². The number of methoxy groups -OCH3 is 1. The van der Waals surface area contributed by atoms with Crippen molar-refractivity contribution in [1.82, 2.24) is 5.32 Å². The van der Waals surface area contributed by atoms with E-state index in [2.05, 4.69) is 44.3 Å². The number of hydrogen-bond acceptors (Lipinski definition) is 3. The zero-order valence-corrected chi connectivity index (χ0v) is 12.7. The first-order valence-corrected chi connectivity index (χ1v) is 7.19. The Balaban J connectivity index is 2.63. The van der Waals surface area contributed by atoms with Crippen LogP contribution in [0.1, 0.15) is 44.2 Å². The van der Waals surface area contributed by atoms with Gasteiger partial charge in [-0.15, -0.1) is 0 Å². The second-order valence-electron chi connectivity index (χ2n) is 5.37. The van der Waals surface area contributed by atoms with Crippen molar-refractivity contribution in [3.05, 3.63) is 29.3 Å². The smallest absolute Gasteiger partial charge is 0.123 e. The molecular weight excluding hydrogens is 236 g/mol. The maximum atomic E-state index is 5.71. The molecular formula is C16H28N2O. The predicted octanol–water partition coefficient (Wildman–Crippen LogP) is 2.89. The van der Waals surface area contributed by atoms with E-state index < -0.39 is 0 Å². The van der Waals surface area contributed by atoms with E-state index in [0.717, 1.165) is 31.8 Å². The summed E-state index contributed by atoms with van der Waals surface area (Å²) >= 11 is 0. The van der Waals surface area contributed by atoms with Gasteiger partial charge in [0, 0.05) is 12.1 Å². The molecule has 0 heterocycles. The van der Waals surface area contributed by atoms with Crippen molar-refractivity contribution in [3.63, 3.8) is 0 Å². The van der Waals surface area contributed by atoms with E-state index in [1.165, 1.54) is 11.1 Å². The molecule has 1 atom stereocenters. The Morgan fingerprint density at radius 1 is 1.32 bits per heavy atom. The van der Waals surface area contributed by atoms with Crippen LogP contribution in [0.3, 0.4) is 0 Å². The summed E-state index contributed by atoms with van der Waals surface area (Å²) in [5.74, 6) is 2.05. The lowest BCUT2D eigenvalue weighted by molar-refractivity contribution is 0.404. The highest BCUT2D eigenvalue weighted by Gasteiger charge is 2.08. The van der Waals surface area contributed by atoms with Crippen molar-refractivity contribution in [1.29, 1.82) is 0 Å². The zero-order chi connectivity index (χ0) is 14.3. The topological polar surface area (TPSA) is 47.3 Å². The molecule has 19 heavy (non-hydrogen) atoms. The molecule has 3 nitrogen and oxygen atoms in total. The van der Waals surface area contributed by atoms with Crippen LogP contribution in [0.25, 0.3) is 0 Å². The van der Waals surface area contributed by atoms with E-state index in [1.807, 2.05) is 0 Å². The highest BCUT2D eigenvalue weighted by Crippen LogP contribution is 2.24. The molecule has 0 amide bonds. The van der Waals surface area contributed by atoms with E-state index in [0.29, 0.717) is 11.8 Å². The van der Waals surface area contributed by atoms with Crippen LogP contribution in [0.5, 0.6) is 5.75 Å². The number of benzene rings is 1. The number of ether oxygens (including phenoxy) is 1. The predicted molar refractivity (Wildman–Crippen MR) is 81.6 cm³/mol. The minimum absolute atomic E-state index is 0.526. The molecule has 3 heteroatoms. The molecule has 0 aliphatic carbocycles. The van der Waals surface area contributed by atoms with Crippen LogP contribution >= 0.6 is 0 Å². The number of nitrogens with two attached hydrogens (primary N) is 1. The minimum atomic E-state index is 0.526. The Labute approximate surface area is 117 Å². The van der Waals surface area contributed by atoms with Crippen molar-refractivity contribution in [2.75, 3.05) is 20.2 Å². The van der Waals surface area contributed by atoms with Gasteiger partial charge in [0.15, 0.2) is 0 Å². The van der Waals surface area contributed by atoms with E-state index >= 15 is 0 Å². The van der Waals surface area contributed by atoms with Crippen molar-refractivity contribution >= 4 is 0 Å². The highest BCUT2D eigenvalue weighted by molar-refractivity contribution is 5.38. The lowest BCUT2D eigenvalue weighted by Crippen LogP contribution is -2.27. The molecule has 0 saturated carbocycles. The van der Waals surface area contributed by atoms with E-state index in [-0.39, 0.29) is 0 Å². The first-order chi connectivity index (χ1) is 9.12. The Kier molecular flexibility index (Phi) is 6.89. The fourth-order valence-corrected chi connectivity index (χ4v) is 2.07. The Morgan fingerprint density at radius 3 is 2.58 bits per heavy atom. The molecule has 0 fully saturated rings. The molecule has 0 aromatic heterocycles. The molecule has 0 spiro atoms. The zero-order valence-electron chi connectivity index (χ0n) is 12.7. The lowest BCUT2D eigenvalue weighted by Gasteiger charge is -2.16. The summed E-state index contributed by atoms with van der Waals surface area (Å²) in [6.45, 7) is 9.10. The largest absolute Gasteiger partial charge is 0.496 e. The van der Waals surface area contributed by atoms with E-state index in [1.54, 1.807) is 7.11 Å². The summed E-state index contributed by atoms with van der Waals surface area (Å²) in [6, 6.07) is 6.48. The third kappa shape index (κ3) is 4.84. The fraction of sp³-hybridized carbons (Fsp3) is 0.625. The van der Waals surface area contributed by atoms with Gasteiger partial charge in [-0.1, -0.05) is 39.3 Å². The Morgan fingerprint density at radius 2 is 2.05 bits per heavy atom. The van der Waals surface area contributed by atoms with Crippen LogP contribution in [0.2, 0.25) is 0 Å². The molecule has 108 valence electrons. The fourth-order valence-electron chi connectivity index (χ4n) is 2.07. The minimum Gasteiger partial charge on any atom is -0.496 e. The van der Waals surface area contributed by atoms with Gasteiger partial charge in [-0.05, 0) is 36.6 Å². The second kappa shape index (κ2) is 8.18. The van der Waals surface area contributed by atoms with Crippen molar-refractivity contribution in [2.45, 2.75) is 39.7 Å². The molecule has 3 N–H and O–H groups in total. The first-order valence-electron chi connectivity index (χ1n) is 7.19. The van der Waals surface area contributed by atoms with Crippen LogP contribution in [-0.2, 0) is 6.54 Å². The second-order valence-corrected chi connectivity index (χ2v) is 5.37. The summed E-state index contributed by atoms with van der Waals surface area (Å²) in [5, 5.41) is 3.47. The molecule has 1 rings (SSSR count). The molecule has 1 aromatic carbocycles. The maximum Gasteiger partial charge on any atom is 0.123 e. The molecule has 1 aromatic rings. The molecule has 1 unspecified atom stereocenters. The SMILES string of the molecule is CCC(CN)CNCc1ccc(C(C)C)cc1OC. The summed E-state index contributed by atoms with van der Waals surface area (Å²) in [6.07, 6.45) is 1.12.